The van der Waals surface area contributed by atoms with Crippen LogP contribution in [-0.4, -0.2) is 7.28 Å². The van der Waals surface area contributed by atoms with Crippen molar-refractivity contribution in [2.24, 2.45) is 0 Å². The Morgan fingerprint density at radius 2 is 1.30 bits per heavy atom. The highest BCUT2D eigenvalue weighted by molar-refractivity contribution is 6.43. The molecule has 0 nitrogen and oxygen atoms in total. The number of hydrogen-bond donors (Lipinski definition) is 0. The lowest BCUT2D eigenvalue weighted by Crippen LogP contribution is -2.03. The second-order valence-corrected chi connectivity index (χ2v) is 5.76. The van der Waals surface area contributed by atoms with Crippen molar-refractivity contribution in [2.75, 3.05) is 0 Å². The van der Waals surface area contributed by atoms with E-state index in [0.29, 0.717) is 0 Å². The number of hydrogen-bond acceptors (Lipinski definition) is 0. The van der Waals surface area contributed by atoms with Crippen LogP contribution in [0.4, 0.5) is 0 Å². The van der Waals surface area contributed by atoms with Gasteiger partial charge in [-0.3, -0.25) is 0 Å². The van der Waals surface area contributed by atoms with Crippen LogP contribution in [0.2, 0.25) is 6.82 Å². The summed E-state index contributed by atoms with van der Waals surface area (Å²) in [5, 5.41) is 0. The molecule has 0 aromatic heterocycles. The monoisotopic (exact) mass is 261 g/mol. The lowest BCUT2D eigenvalue weighted by Gasteiger charge is -2.21. The van der Waals surface area contributed by atoms with Crippen molar-refractivity contribution >= 4 is 7.28 Å². The maximum atomic E-state index is 2.36. The SMILES string of the molecule is C[B]C1=CC=C(C2=CC=C(C3=CC=CCC3)CC2)CC1. The van der Waals surface area contributed by atoms with Gasteiger partial charge >= 0.3 is 0 Å². The first kappa shape index (κ1) is 13.5. The van der Waals surface area contributed by atoms with Gasteiger partial charge in [-0.25, -0.2) is 0 Å². The standard InChI is InChI=1S/C19H22B/c1-20-19-13-11-18(12-14-19)17-9-7-16(8-10-17)15-5-3-2-4-6-15/h2-3,5,7,9,11,13H,4,6,8,10,12,14H2,1H3. The normalized spacial score (nSPS) is 22.4. The Hall–Kier alpha value is -1.50. The third kappa shape index (κ3) is 2.98. The summed E-state index contributed by atoms with van der Waals surface area (Å²) in [4.78, 5) is 0. The van der Waals surface area contributed by atoms with Gasteiger partial charge in [0, 0.05) is 0 Å². The Morgan fingerprint density at radius 3 is 1.75 bits per heavy atom. The summed E-state index contributed by atoms with van der Waals surface area (Å²) in [5.41, 5.74) is 7.66. The minimum Gasteiger partial charge on any atom is -0.109 e. The van der Waals surface area contributed by atoms with Gasteiger partial charge in [-0.1, -0.05) is 49.4 Å². The van der Waals surface area contributed by atoms with Crippen molar-refractivity contribution in [3.05, 3.63) is 70.3 Å². The predicted octanol–water partition coefficient (Wildman–Crippen LogP) is 5.27. The zero-order valence-electron chi connectivity index (χ0n) is 12.4. The second kappa shape index (κ2) is 6.30. The van der Waals surface area contributed by atoms with Gasteiger partial charge < -0.3 is 0 Å². The highest BCUT2D eigenvalue weighted by Crippen LogP contribution is 2.33. The first-order valence-electron chi connectivity index (χ1n) is 7.82. The van der Waals surface area contributed by atoms with Crippen LogP contribution < -0.4 is 0 Å². The maximum Gasteiger partial charge on any atom is 0.142 e. The summed E-state index contributed by atoms with van der Waals surface area (Å²) in [5.74, 6) is 0. The smallest absolute Gasteiger partial charge is 0.109 e. The molecule has 0 aromatic carbocycles. The van der Waals surface area contributed by atoms with Crippen molar-refractivity contribution in [3.63, 3.8) is 0 Å². The Labute approximate surface area is 123 Å². The molecular weight excluding hydrogens is 239 g/mol. The third-order valence-corrected chi connectivity index (χ3v) is 4.54. The highest BCUT2D eigenvalue weighted by atomic mass is 14.2. The fourth-order valence-electron chi connectivity index (χ4n) is 3.20. The maximum absolute atomic E-state index is 2.36. The fraction of sp³-hybridized carbons (Fsp3) is 0.368. The number of rotatable bonds is 3. The van der Waals surface area contributed by atoms with Crippen molar-refractivity contribution in [3.8, 4) is 0 Å². The summed E-state index contributed by atoms with van der Waals surface area (Å²) >= 11 is 0. The molecule has 1 radical (unpaired) electrons. The summed E-state index contributed by atoms with van der Waals surface area (Å²) < 4.78 is 0. The van der Waals surface area contributed by atoms with E-state index >= 15 is 0 Å². The van der Waals surface area contributed by atoms with E-state index in [4.69, 9.17) is 0 Å². The Balaban J connectivity index is 1.75. The summed E-state index contributed by atoms with van der Waals surface area (Å²) in [6, 6.07) is 0. The Bertz CT molecular complexity index is 565. The van der Waals surface area contributed by atoms with E-state index in [2.05, 4.69) is 56.6 Å². The Kier molecular flexibility index (Phi) is 4.25. The first-order valence-corrected chi connectivity index (χ1v) is 7.82. The molecule has 0 atom stereocenters. The minimum absolute atomic E-state index is 1.20. The van der Waals surface area contributed by atoms with Crippen LogP contribution in [0, 0.1) is 0 Å². The van der Waals surface area contributed by atoms with Crippen LogP contribution in [0.5, 0.6) is 0 Å². The van der Waals surface area contributed by atoms with Gasteiger partial charge in [-0.05, 0) is 60.8 Å². The van der Waals surface area contributed by atoms with Gasteiger partial charge in [-0.15, -0.1) is 5.47 Å². The van der Waals surface area contributed by atoms with E-state index in [9.17, 15) is 0 Å². The van der Waals surface area contributed by atoms with Gasteiger partial charge in [0.1, 0.15) is 7.28 Å². The Morgan fingerprint density at radius 1 is 0.700 bits per heavy atom. The van der Waals surface area contributed by atoms with Gasteiger partial charge in [0.25, 0.3) is 0 Å². The van der Waals surface area contributed by atoms with Gasteiger partial charge in [0.2, 0.25) is 0 Å². The molecule has 0 saturated carbocycles. The quantitative estimate of drug-likeness (QED) is 0.607. The molecule has 0 heterocycles. The molecule has 0 bridgehead atoms. The van der Waals surface area contributed by atoms with Crippen LogP contribution in [-0.2, 0) is 0 Å². The molecule has 0 N–H and O–H groups in total. The zero-order chi connectivity index (χ0) is 13.8. The number of allylic oxidation sites excluding steroid dienone is 12. The van der Waals surface area contributed by atoms with Gasteiger partial charge in [0.15, 0.2) is 0 Å². The van der Waals surface area contributed by atoms with E-state index in [0.717, 1.165) is 0 Å². The predicted molar refractivity (Wildman–Crippen MR) is 88.9 cm³/mol. The second-order valence-electron chi connectivity index (χ2n) is 5.76. The molecule has 3 aliphatic carbocycles. The fourth-order valence-corrected chi connectivity index (χ4v) is 3.20. The van der Waals surface area contributed by atoms with Crippen LogP contribution in [0.15, 0.2) is 70.3 Å². The van der Waals surface area contributed by atoms with Crippen LogP contribution in [0.1, 0.15) is 38.5 Å². The molecule has 0 spiro atoms. The van der Waals surface area contributed by atoms with Gasteiger partial charge in [-0.2, -0.15) is 0 Å². The molecule has 0 aromatic rings. The lowest BCUT2D eigenvalue weighted by atomic mass is 9.68. The molecule has 0 unspecified atom stereocenters. The largest absolute Gasteiger partial charge is 0.142 e. The molecule has 20 heavy (non-hydrogen) atoms. The molecule has 101 valence electrons. The van der Waals surface area contributed by atoms with E-state index in [1.807, 2.05) is 0 Å². The van der Waals surface area contributed by atoms with E-state index in [1.165, 1.54) is 44.0 Å². The van der Waals surface area contributed by atoms with Gasteiger partial charge in [0.05, 0.1) is 0 Å². The van der Waals surface area contributed by atoms with E-state index in [1.54, 1.807) is 22.3 Å². The van der Waals surface area contributed by atoms with Crippen LogP contribution >= 0.6 is 0 Å². The van der Waals surface area contributed by atoms with Crippen molar-refractivity contribution in [1.29, 1.82) is 0 Å². The zero-order valence-corrected chi connectivity index (χ0v) is 12.4. The van der Waals surface area contributed by atoms with E-state index < -0.39 is 0 Å². The molecule has 0 aliphatic heterocycles. The summed E-state index contributed by atoms with van der Waals surface area (Å²) in [6.07, 6.45) is 23.3. The van der Waals surface area contributed by atoms with Crippen LogP contribution in [0.25, 0.3) is 0 Å². The van der Waals surface area contributed by atoms with E-state index in [-0.39, 0.29) is 0 Å². The topological polar surface area (TPSA) is 0 Å². The highest BCUT2D eigenvalue weighted by Gasteiger charge is 2.15. The average Bonchev–Trinajstić information content (AvgIpc) is 2.56. The van der Waals surface area contributed by atoms with Crippen molar-refractivity contribution < 1.29 is 0 Å². The molecule has 0 amide bonds. The molecule has 0 fully saturated rings. The molecule has 3 rings (SSSR count). The van der Waals surface area contributed by atoms with Crippen LogP contribution in [0.3, 0.4) is 0 Å². The third-order valence-electron chi connectivity index (χ3n) is 4.54. The molecule has 3 aliphatic rings. The van der Waals surface area contributed by atoms with Crippen molar-refractivity contribution in [1.82, 2.24) is 0 Å². The van der Waals surface area contributed by atoms with Crippen molar-refractivity contribution in [2.45, 2.75) is 45.3 Å². The minimum atomic E-state index is 1.20. The first-order chi connectivity index (χ1) is 9.86. The molecular formula is C19H22B. The summed E-state index contributed by atoms with van der Waals surface area (Å²) in [7, 11) is 2.23. The average molecular weight is 261 g/mol. The summed E-state index contributed by atoms with van der Waals surface area (Å²) in [6.45, 7) is 2.13. The molecule has 1 heteroatoms. The lowest BCUT2D eigenvalue weighted by molar-refractivity contribution is 0.848. The molecule has 0 saturated heterocycles.